The van der Waals surface area contributed by atoms with Crippen molar-refractivity contribution in [2.45, 2.75) is 89.9 Å². The summed E-state index contributed by atoms with van der Waals surface area (Å²) < 4.78 is 33.2. The van der Waals surface area contributed by atoms with Gasteiger partial charge < -0.3 is 4.74 Å². The van der Waals surface area contributed by atoms with Crippen LogP contribution in [0.15, 0.2) is 12.1 Å². The van der Waals surface area contributed by atoms with E-state index in [1.165, 1.54) is 83.5 Å². The van der Waals surface area contributed by atoms with Gasteiger partial charge in [-0.25, -0.2) is 8.78 Å². The van der Waals surface area contributed by atoms with Crippen LogP contribution in [-0.2, 0) is 0 Å². The molecule has 0 bridgehead atoms. The van der Waals surface area contributed by atoms with Gasteiger partial charge in [-0.05, 0) is 105 Å². The van der Waals surface area contributed by atoms with Crippen LogP contribution < -0.4 is 4.74 Å². The first kappa shape index (κ1) is 21.1. The molecule has 1 aromatic carbocycles. The summed E-state index contributed by atoms with van der Waals surface area (Å²) in [6, 6.07) is 3.01. The Morgan fingerprint density at radius 2 is 1.34 bits per heavy atom. The molecular weight excluding hydrogens is 366 g/mol. The van der Waals surface area contributed by atoms with Crippen molar-refractivity contribution in [3.05, 3.63) is 29.3 Å². The van der Waals surface area contributed by atoms with Gasteiger partial charge in [-0.3, -0.25) is 0 Å². The number of benzene rings is 1. The van der Waals surface area contributed by atoms with Crippen LogP contribution in [0.4, 0.5) is 8.78 Å². The number of ether oxygens (including phenoxy) is 1. The molecule has 0 N–H and O–H groups in total. The highest BCUT2D eigenvalue weighted by Crippen LogP contribution is 2.51. The first-order valence-corrected chi connectivity index (χ1v) is 12.1. The average Bonchev–Trinajstić information content (AvgIpc) is 2.73. The molecule has 3 heteroatoms. The fourth-order valence-electron chi connectivity index (χ4n) is 7.02. The van der Waals surface area contributed by atoms with Gasteiger partial charge in [0, 0.05) is 0 Å². The molecule has 0 spiro atoms. The molecule has 0 amide bonds. The summed E-state index contributed by atoms with van der Waals surface area (Å²) >= 11 is 0. The van der Waals surface area contributed by atoms with E-state index in [9.17, 15) is 8.78 Å². The molecule has 1 nitrogen and oxygen atoms in total. The molecule has 0 aromatic heterocycles. The largest absolute Gasteiger partial charge is 0.491 e. The van der Waals surface area contributed by atoms with E-state index >= 15 is 0 Å². The van der Waals surface area contributed by atoms with Crippen molar-refractivity contribution in [1.29, 1.82) is 0 Å². The molecule has 3 saturated carbocycles. The van der Waals surface area contributed by atoms with Gasteiger partial charge in [0.05, 0.1) is 7.11 Å². The summed E-state index contributed by atoms with van der Waals surface area (Å²) in [6.07, 6.45) is 16.1. The van der Waals surface area contributed by atoms with E-state index in [4.69, 9.17) is 4.74 Å². The highest BCUT2D eigenvalue weighted by Gasteiger charge is 2.39. The van der Waals surface area contributed by atoms with Crippen molar-refractivity contribution in [2.24, 2.45) is 29.6 Å². The zero-order chi connectivity index (χ0) is 20.4. The fourth-order valence-corrected chi connectivity index (χ4v) is 7.02. The maximum atomic E-state index is 14.2. The summed E-state index contributed by atoms with van der Waals surface area (Å²) in [6.45, 7) is 2.32. The number of hydrogen-bond acceptors (Lipinski definition) is 1. The van der Waals surface area contributed by atoms with Gasteiger partial charge in [0.15, 0.2) is 17.4 Å². The maximum absolute atomic E-state index is 14.2. The molecule has 0 aliphatic heterocycles. The molecule has 4 rings (SSSR count). The van der Waals surface area contributed by atoms with Gasteiger partial charge in [0.1, 0.15) is 0 Å². The zero-order valence-corrected chi connectivity index (χ0v) is 18.3. The summed E-state index contributed by atoms with van der Waals surface area (Å²) in [5.74, 6) is 3.40. The second-order valence-corrected chi connectivity index (χ2v) is 10.2. The molecule has 3 aliphatic rings. The third-order valence-corrected chi connectivity index (χ3v) is 8.60. The second-order valence-electron chi connectivity index (χ2n) is 10.2. The van der Waals surface area contributed by atoms with Crippen LogP contribution >= 0.6 is 0 Å². The Labute approximate surface area is 175 Å². The van der Waals surface area contributed by atoms with Gasteiger partial charge >= 0.3 is 0 Å². The quantitative estimate of drug-likeness (QED) is 0.485. The molecule has 4 atom stereocenters. The number of rotatable bonds is 5. The van der Waals surface area contributed by atoms with Crippen molar-refractivity contribution in [3.8, 4) is 5.75 Å². The summed E-state index contributed by atoms with van der Waals surface area (Å²) in [7, 11) is 1.32. The monoisotopic (exact) mass is 404 g/mol. The predicted molar refractivity (Wildman–Crippen MR) is 114 cm³/mol. The lowest BCUT2D eigenvalue weighted by Gasteiger charge is -2.45. The third kappa shape index (κ3) is 4.64. The lowest BCUT2D eigenvalue weighted by molar-refractivity contribution is 0.0711. The van der Waals surface area contributed by atoms with E-state index in [1.807, 2.05) is 0 Å². The van der Waals surface area contributed by atoms with Crippen LogP contribution in [0.25, 0.3) is 0 Å². The third-order valence-electron chi connectivity index (χ3n) is 8.60. The van der Waals surface area contributed by atoms with Crippen molar-refractivity contribution in [2.75, 3.05) is 7.11 Å². The Bertz CT molecular complexity index is 656. The van der Waals surface area contributed by atoms with E-state index < -0.39 is 11.6 Å². The van der Waals surface area contributed by atoms with Crippen molar-refractivity contribution >= 4 is 0 Å². The lowest BCUT2D eigenvalue weighted by Crippen LogP contribution is -2.34. The minimum Gasteiger partial charge on any atom is -0.491 e. The van der Waals surface area contributed by atoms with E-state index in [1.54, 1.807) is 0 Å². The first-order chi connectivity index (χ1) is 14.1. The van der Waals surface area contributed by atoms with Gasteiger partial charge in [-0.1, -0.05) is 32.6 Å². The van der Waals surface area contributed by atoms with Gasteiger partial charge in [0.25, 0.3) is 0 Å². The molecule has 0 heterocycles. The van der Waals surface area contributed by atoms with Crippen LogP contribution in [-0.4, -0.2) is 7.11 Å². The van der Waals surface area contributed by atoms with Gasteiger partial charge in [-0.2, -0.15) is 0 Å². The standard InChI is InChI=1S/C26H38F2O/c1-3-4-17-5-7-18(8-6-17)19-9-10-21-14-22(12-11-20(21)13-19)23-15-24(27)26(29-2)25(28)16-23/h15-22H,3-14H2,1-2H3/t17?,18?,19-,20-,21-,22-/m1/s1. The maximum Gasteiger partial charge on any atom is 0.190 e. The first-order valence-electron chi connectivity index (χ1n) is 12.1. The Balaban J connectivity index is 1.33. The molecule has 3 aliphatic carbocycles. The normalized spacial score (nSPS) is 35.2. The second kappa shape index (κ2) is 9.35. The van der Waals surface area contributed by atoms with Crippen molar-refractivity contribution < 1.29 is 13.5 Å². The molecule has 0 radical (unpaired) electrons. The Morgan fingerprint density at radius 3 is 1.97 bits per heavy atom. The van der Waals surface area contributed by atoms with E-state index in [0.717, 1.165) is 48.0 Å². The average molecular weight is 405 g/mol. The predicted octanol–water partition coefficient (Wildman–Crippen LogP) is 7.88. The highest BCUT2D eigenvalue weighted by molar-refractivity contribution is 5.33. The van der Waals surface area contributed by atoms with Gasteiger partial charge in [-0.15, -0.1) is 0 Å². The molecule has 1 aromatic rings. The van der Waals surface area contributed by atoms with Crippen LogP contribution in [0.1, 0.15) is 95.5 Å². The smallest absolute Gasteiger partial charge is 0.190 e. The Kier molecular flexibility index (Phi) is 6.81. The van der Waals surface area contributed by atoms with Crippen molar-refractivity contribution in [3.63, 3.8) is 0 Å². The molecular formula is C26H38F2O. The number of halogens is 2. The number of fused-ring (bicyclic) bond motifs is 1. The van der Waals surface area contributed by atoms with Crippen molar-refractivity contribution in [1.82, 2.24) is 0 Å². The molecule has 0 saturated heterocycles. The van der Waals surface area contributed by atoms with Crippen LogP contribution in [0, 0.1) is 41.2 Å². The summed E-state index contributed by atoms with van der Waals surface area (Å²) in [5.41, 5.74) is 0.829. The zero-order valence-electron chi connectivity index (χ0n) is 18.3. The number of methoxy groups -OCH3 is 1. The van der Waals surface area contributed by atoms with E-state index in [-0.39, 0.29) is 5.75 Å². The van der Waals surface area contributed by atoms with Crippen LogP contribution in [0.2, 0.25) is 0 Å². The van der Waals surface area contributed by atoms with Gasteiger partial charge in [0.2, 0.25) is 0 Å². The number of hydrogen-bond donors (Lipinski definition) is 0. The Hall–Kier alpha value is -1.12. The minimum absolute atomic E-state index is 0.253. The topological polar surface area (TPSA) is 9.23 Å². The van der Waals surface area contributed by atoms with Crippen LogP contribution in [0.3, 0.4) is 0 Å². The Morgan fingerprint density at radius 1 is 0.793 bits per heavy atom. The highest BCUT2D eigenvalue weighted by atomic mass is 19.1. The molecule has 29 heavy (non-hydrogen) atoms. The molecule has 162 valence electrons. The molecule has 0 unspecified atom stereocenters. The fraction of sp³-hybridized carbons (Fsp3) is 0.769. The van der Waals surface area contributed by atoms with E-state index in [2.05, 4.69) is 6.92 Å². The molecule has 3 fully saturated rings. The summed E-state index contributed by atoms with van der Waals surface area (Å²) in [4.78, 5) is 0. The van der Waals surface area contributed by atoms with E-state index in [0.29, 0.717) is 5.92 Å². The SMILES string of the molecule is CCCC1CCC([C@@H]2CC[C@@H]3C[C@H](c4cc(F)c(OC)c(F)c4)CC[C@@H]3C2)CC1. The van der Waals surface area contributed by atoms with Crippen LogP contribution in [0.5, 0.6) is 5.75 Å². The summed E-state index contributed by atoms with van der Waals surface area (Å²) in [5, 5.41) is 0. The lowest BCUT2D eigenvalue weighted by atomic mass is 9.60. The minimum atomic E-state index is -0.563.